The first-order valence-electron chi connectivity index (χ1n) is 6.05. The summed E-state index contributed by atoms with van der Waals surface area (Å²) < 4.78 is 5.62. The lowest BCUT2D eigenvalue weighted by atomic mass is 10.1. The number of hydrogen-bond acceptors (Lipinski definition) is 3. The summed E-state index contributed by atoms with van der Waals surface area (Å²) in [5, 5.41) is 0. The maximum atomic E-state index is 12.0. The van der Waals surface area contributed by atoms with Crippen LogP contribution in [0.5, 0.6) is 0 Å². The lowest BCUT2D eigenvalue weighted by Gasteiger charge is -2.26. The minimum atomic E-state index is -0.338. The van der Waals surface area contributed by atoms with Crippen molar-refractivity contribution in [2.45, 2.75) is 32.8 Å². The van der Waals surface area contributed by atoms with E-state index in [1.54, 1.807) is 24.3 Å². The van der Waals surface area contributed by atoms with Crippen molar-refractivity contribution in [3.63, 3.8) is 0 Å². The fourth-order valence-electron chi connectivity index (χ4n) is 1.70. The van der Waals surface area contributed by atoms with Crippen LogP contribution in [-0.2, 0) is 4.74 Å². The van der Waals surface area contributed by atoms with Gasteiger partial charge in [-0.15, -0.1) is 0 Å². The summed E-state index contributed by atoms with van der Waals surface area (Å²) in [6.45, 7) is 5.88. The average molecular weight is 247 g/mol. The Balaban J connectivity index is 2.14. The van der Waals surface area contributed by atoms with E-state index in [2.05, 4.69) is 0 Å². The molecule has 0 spiro atoms. The number of fused-ring (bicyclic) bond motifs is 1. The molecule has 96 valence electrons. The van der Waals surface area contributed by atoms with E-state index in [1.165, 1.54) is 0 Å². The van der Waals surface area contributed by atoms with Crippen LogP contribution in [0.4, 0.5) is 0 Å². The van der Waals surface area contributed by atoms with Crippen molar-refractivity contribution in [2.24, 2.45) is 0 Å². The van der Waals surface area contributed by atoms with Crippen LogP contribution in [0.15, 0.2) is 24.3 Å². The number of carbonyl (C=O) groups is 2. The first kappa shape index (κ1) is 12.8. The highest BCUT2D eigenvalue weighted by Gasteiger charge is 2.36. The van der Waals surface area contributed by atoms with Gasteiger partial charge in [-0.3, -0.25) is 9.59 Å². The molecule has 1 aromatic carbocycles. The lowest BCUT2D eigenvalue weighted by molar-refractivity contribution is -0.0574. The second-order valence-corrected chi connectivity index (χ2v) is 4.97. The monoisotopic (exact) mass is 247 g/mol. The lowest BCUT2D eigenvalue weighted by Crippen LogP contribution is -2.36. The van der Waals surface area contributed by atoms with Crippen LogP contribution in [0, 0.1) is 0 Å². The van der Waals surface area contributed by atoms with Crippen LogP contribution in [0.1, 0.15) is 47.9 Å². The van der Waals surface area contributed by atoms with Crippen molar-refractivity contribution in [1.82, 2.24) is 4.90 Å². The molecule has 0 saturated heterocycles. The Morgan fingerprint density at radius 3 is 2.06 bits per heavy atom. The molecule has 0 aromatic heterocycles. The first-order chi connectivity index (χ1) is 8.46. The van der Waals surface area contributed by atoms with E-state index < -0.39 is 0 Å². The highest BCUT2D eigenvalue weighted by Crippen LogP contribution is 2.23. The van der Waals surface area contributed by atoms with Gasteiger partial charge in [0.1, 0.15) is 6.73 Å². The van der Waals surface area contributed by atoms with Gasteiger partial charge in [-0.05, 0) is 32.4 Å². The predicted molar refractivity (Wildman–Crippen MR) is 67.3 cm³/mol. The van der Waals surface area contributed by atoms with E-state index >= 15 is 0 Å². The largest absolute Gasteiger partial charge is 0.355 e. The number of rotatable bonds is 4. The summed E-state index contributed by atoms with van der Waals surface area (Å²) in [5.74, 6) is -0.551. The van der Waals surface area contributed by atoms with Crippen molar-refractivity contribution >= 4 is 11.8 Å². The van der Waals surface area contributed by atoms with Crippen LogP contribution in [0.25, 0.3) is 0 Å². The van der Waals surface area contributed by atoms with Gasteiger partial charge < -0.3 is 4.74 Å². The van der Waals surface area contributed by atoms with E-state index in [-0.39, 0.29) is 24.1 Å². The van der Waals surface area contributed by atoms with Gasteiger partial charge >= 0.3 is 0 Å². The fraction of sp³-hybridized carbons (Fsp3) is 0.429. The molecule has 1 aliphatic heterocycles. The summed E-state index contributed by atoms with van der Waals surface area (Å²) in [7, 11) is 0. The Morgan fingerprint density at radius 2 is 1.61 bits per heavy atom. The molecule has 0 radical (unpaired) electrons. The fourth-order valence-corrected chi connectivity index (χ4v) is 1.70. The van der Waals surface area contributed by atoms with Crippen LogP contribution < -0.4 is 0 Å². The van der Waals surface area contributed by atoms with Crippen LogP contribution in [-0.4, -0.2) is 29.0 Å². The van der Waals surface area contributed by atoms with Gasteiger partial charge in [0.25, 0.3) is 11.8 Å². The smallest absolute Gasteiger partial charge is 0.263 e. The zero-order valence-electron chi connectivity index (χ0n) is 10.9. The molecule has 0 unspecified atom stereocenters. The second-order valence-electron chi connectivity index (χ2n) is 4.97. The highest BCUT2D eigenvalue weighted by atomic mass is 16.5. The molecule has 2 amide bonds. The van der Waals surface area contributed by atoms with Crippen LogP contribution >= 0.6 is 0 Å². The standard InChI is InChI=1S/C14H17NO3/c1-4-14(2,3)18-9-15-12(16)10-7-5-6-8-11(10)13(15)17/h5-8H,4,9H2,1-3H3. The van der Waals surface area contributed by atoms with Gasteiger partial charge in [0, 0.05) is 0 Å². The third kappa shape index (κ3) is 2.16. The summed E-state index contributed by atoms with van der Waals surface area (Å²) in [4.78, 5) is 25.2. The van der Waals surface area contributed by atoms with Crippen LogP contribution in [0.2, 0.25) is 0 Å². The maximum Gasteiger partial charge on any atom is 0.263 e. The number of nitrogens with zero attached hydrogens (tertiary/aromatic N) is 1. The number of benzene rings is 1. The number of hydrogen-bond donors (Lipinski definition) is 0. The van der Waals surface area contributed by atoms with Gasteiger partial charge in [0.05, 0.1) is 16.7 Å². The summed E-state index contributed by atoms with van der Waals surface area (Å²) >= 11 is 0. The molecule has 4 heteroatoms. The molecule has 1 heterocycles. The summed E-state index contributed by atoms with van der Waals surface area (Å²) in [5.41, 5.74) is 0.579. The Morgan fingerprint density at radius 1 is 1.11 bits per heavy atom. The average Bonchev–Trinajstić information content (AvgIpc) is 2.61. The van der Waals surface area contributed by atoms with Crippen LogP contribution in [0.3, 0.4) is 0 Å². The van der Waals surface area contributed by atoms with Crippen molar-refractivity contribution in [3.05, 3.63) is 35.4 Å². The Hall–Kier alpha value is -1.68. The van der Waals surface area contributed by atoms with Crippen molar-refractivity contribution in [1.29, 1.82) is 0 Å². The Kier molecular flexibility index (Phi) is 3.22. The predicted octanol–water partition coefficient (Wildman–Crippen LogP) is 2.45. The molecule has 0 atom stereocenters. The zero-order valence-corrected chi connectivity index (χ0v) is 10.9. The summed E-state index contributed by atoms with van der Waals surface area (Å²) in [6, 6.07) is 6.84. The molecular formula is C14H17NO3. The maximum absolute atomic E-state index is 12.0. The molecule has 1 aliphatic rings. The first-order valence-corrected chi connectivity index (χ1v) is 6.05. The minimum Gasteiger partial charge on any atom is -0.355 e. The third-order valence-corrected chi connectivity index (χ3v) is 3.31. The molecule has 0 fully saturated rings. The van der Waals surface area contributed by atoms with Crippen molar-refractivity contribution in [3.8, 4) is 0 Å². The van der Waals surface area contributed by atoms with E-state index in [9.17, 15) is 9.59 Å². The van der Waals surface area contributed by atoms with Gasteiger partial charge in [0.15, 0.2) is 0 Å². The SMILES string of the molecule is CCC(C)(C)OCN1C(=O)c2ccccc2C1=O. The van der Waals surface area contributed by atoms with E-state index in [1.807, 2.05) is 20.8 Å². The van der Waals surface area contributed by atoms with E-state index in [0.29, 0.717) is 11.1 Å². The Bertz CT molecular complexity index is 459. The van der Waals surface area contributed by atoms with E-state index in [0.717, 1.165) is 11.3 Å². The van der Waals surface area contributed by atoms with Gasteiger partial charge in [-0.2, -0.15) is 0 Å². The third-order valence-electron chi connectivity index (χ3n) is 3.31. The minimum absolute atomic E-state index is 0.00713. The Labute approximate surface area is 107 Å². The molecule has 0 aliphatic carbocycles. The molecule has 0 N–H and O–H groups in total. The highest BCUT2D eigenvalue weighted by molar-refractivity contribution is 6.21. The van der Waals surface area contributed by atoms with Gasteiger partial charge in [-0.1, -0.05) is 19.1 Å². The van der Waals surface area contributed by atoms with Crippen molar-refractivity contribution < 1.29 is 14.3 Å². The van der Waals surface area contributed by atoms with Gasteiger partial charge in [0.2, 0.25) is 0 Å². The molecule has 18 heavy (non-hydrogen) atoms. The number of carbonyl (C=O) groups excluding carboxylic acids is 2. The molecule has 0 bridgehead atoms. The normalized spacial score (nSPS) is 15.2. The second kappa shape index (κ2) is 4.53. The van der Waals surface area contributed by atoms with E-state index in [4.69, 9.17) is 4.74 Å². The molecular weight excluding hydrogens is 230 g/mol. The quantitative estimate of drug-likeness (QED) is 0.768. The summed E-state index contributed by atoms with van der Waals surface area (Å²) in [6.07, 6.45) is 0.816. The molecule has 2 rings (SSSR count). The zero-order chi connectivity index (χ0) is 13.3. The number of imide groups is 1. The molecule has 4 nitrogen and oxygen atoms in total. The topological polar surface area (TPSA) is 46.6 Å². The van der Waals surface area contributed by atoms with Gasteiger partial charge in [-0.25, -0.2) is 4.90 Å². The number of ether oxygens (including phenoxy) is 1. The number of amides is 2. The molecule has 1 aromatic rings. The molecule has 0 saturated carbocycles. The van der Waals surface area contributed by atoms with Crippen molar-refractivity contribution in [2.75, 3.05) is 6.73 Å².